The molecule has 2 aromatic rings. The molecule has 0 heterocycles. The van der Waals surface area contributed by atoms with Crippen molar-refractivity contribution in [3.05, 3.63) is 64.7 Å². The number of hydrogen-bond acceptors (Lipinski definition) is 2. The molecule has 2 aromatic carbocycles. The fourth-order valence-corrected chi connectivity index (χ4v) is 3.70. The van der Waals surface area contributed by atoms with Crippen LogP contribution in [0.2, 0.25) is 0 Å². The van der Waals surface area contributed by atoms with Crippen LogP contribution in [0.15, 0.2) is 42.5 Å². The number of esters is 1. The van der Waals surface area contributed by atoms with E-state index in [1.165, 1.54) is 11.1 Å². The molecule has 2 heteroatoms. The first kappa shape index (κ1) is 19.7. The van der Waals surface area contributed by atoms with Crippen molar-refractivity contribution >= 4 is 5.97 Å². The van der Waals surface area contributed by atoms with Crippen LogP contribution in [-0.2, 0) is 15.6 Å². The maximum atomic E-state index is 13.0. The van der Waals surface area contributed by atoms with Gasteiger partial charge in [0.2, 0.25) is 0 Å². The molecule has 3 rings (SSSR count). The largest absolute Gasteiger partial charge is 0.426 e. The number of rotatable bonds is 3. The molecule has 2 atom stereocenters. The van der Waals surface area contributed by atoms with Crippen molar-refractivity contribution < 1.29 is 9.53 Å². The molecule has 0 aliphatic heterocycles. The Labute approximate surface area is 164 Å². The van der Waals surface area contributed by atoms with Crippen LogP contribution in [0.4, 0.5) is 0 Å². The van der Waals surface area contributed by atoms with E-state index in [0.717, 1.165) is 23.3 Å². The van der Waals surface area contributed by atoms with Crippen LogP contribution in [0.3, 0.4) is 0 Å². The first-order valence-electron chi connectivity index (χ1n) is 9.90. The van der Waals surface area contributed by atoms with Crippen LogP contribution < -0.4 is 4.74 Å². The smallest absolute Gasteiger partial charge is 0.314 e. The molecule has 0 radical (unpaired) electrons. The minimum atomic E-state index is -0.0938. The summed E-state index contributed by atoms with van der Waals surface area (Å²) in [7, 11) is 0. The summed E-state index contributed by atoms with van der Waals surface area (Å²) >= 11 is 0. The van der Waals surface area contributed by atoms with Gasteiger partial charge in [-0.3, -0.25) is 4.79 Å². The Morgan fingerprint density at radius 3 is 1.93 bits per heavy atom. The van der Waals surface area contributed by atoms with Gasteiger partial charge in [0.05, 0.1) is 5.92 Å². The van der Waals surface area contributed by atoms with Crippen molar-refractivity contribution in [2.75, 3.05) is 0 Å². The lowest BCUT2D eigenvalue weighted by atomic mass is 9.78. The molecule has 144 valence electrons. The topological polar surface area (TPSA) is 26.3 Å². The molecule has 0 bridgehead atoms. The Kier molecular flexibility index (Phi) is 4.96. The van der Waals surface area contributed by atoms with E-state index in [2.05, 4.69) is 72.7 Å². The number of hydrogen-bond donors (Lipinski definition) is 0. The van der Waals surface area contributed by atoms with E-state index in [1.807, 2.05) is 18.2 Å². The van der Waals surface area contributed by atoms with Gasteiger partial charge in [0.25, 0.3) is 0 Å². The number of ether oxygens (including phenoxy) is 1. The summed E-state index contributed by atoms with van der Waals surface area (Å²) in [5.74, 6) is 0.933. The van der Waals surface area contributed by atoms with Crippen molar-refractivity contribution in [1.82, 2.24) is 0 Å². The molecule has 0 N–H and O–H groups in total. The second kappa shape index (κ2) is 6.82. The second-order valence-corrected chi connectivity index (χ2v) is 9.97. The number of carbonyl (C=O) groups excluding carboxylic acids is 1. The van der Waals surface area contributed by atoms with E-state index >= 15 is 0 Å². The number of aryl methyl sites for hydroxylation is 1. The monoisotopic (exact) mass is 364 g/mol. The molecule has 1 fully saturated rings. The lowest BCUT2D eigenvalue weighted by molar-refractivity contribution is -0.136. The molecule has 1 aliphatic rings. The Hall–Kier alpha value is -2.09. The average molecular weight is 365 g/mol. The SMILES string of the molecule is Cc1cc(C(C)(C)C)c(OC(=O)C2CC2c2ccccc2)c(C(C)(C)C)c1. The van der Waals surface area contributed by atoms with Crippen LogP contribution in [-0.4, -0.2) is 5.97 Å². The van der Waals surface area contributed by atoms with Gasteiger partial charge in [-0.05, 0) is 35.7 Å². The Morgan fingerprint density at radius 2 is 1.44 bits per heavy atom. The fourth-order valence-electron chi connectivity index (χ4n) is 3.70. The molecular formula is C25H32O2. The van der Waals surface area contributed by atoms with Gasteiger partial charge in [-0.2, -0.15) is 0 Å². The summed E-state index contributed by atoms with van der Waals surface area (Å²) in [4.78, 5) is 13.0. The van der Waals surface area contributed by atoms with E-state index in [9.17, 15) is 4.79 Å². The van der Waals surface area contributed by atoms with Gasteiger partial charge in [0.1, 0.15) is 5.75 Å². The van der Waals surface area contributed by atoms with Crippen LogP contribution in [0, 0.1) is 12.8 Å². The molecule has 0 spiro atoms. The zero-order valence-corrected chi connectivity index (χ0v) is 17.7. The summed E-state index contributed by atoms with van der Waals surface area (Å²) < 4.78 is 6.12. The third-order valence-corrected chi connectivity index (χ3v) is 5.37. The molecule has 0 aromatic heterocycles. The van der Waals surface area contributed by atoms with Gasteiger partial charge in [-0.15, -0.1) is 0 Å². The molecule has 27 heavy (non-hydrogen) atoms. The Balaban J connectivity index is 1.93. The summed E-state index contributed by atoms with van der Waals surface area (Å²) in [6.07, 6.45) is 0.879. The van der Waals surface area contributed by atoms with E-state index in [-0.39, 0.29) is 22.7 Å². The summed E-state index contributed by atoms with van der Waals surface area (Å²) in [5, 5.41) is 0. The van der Waals surface area contributed by atoms with Gasteiger partial charge < -0.3 is 4.74 Å². The van der Waals surface area contributed by atoms with Gasteiger partial charge >= 0.3 is 5.97 Å². The van der Waals surface area contributed by atoms with Gasteiger partial charge in [-0.25, -0.2) is 0 Å². The van der Waals surface area contributed by atoms with Crippen LogP contribution in [0.25, 0.3) is 0 Å². The van der Waals surface area contributed by atoms with Crippen molar-refractivity contribution in [3.8, 4) is 5.75 Å². The first-order valence-corrected chi connectivity index (χ1v) is 9.90. The first-order chi connectivity index (χ1) is 12.5. The predicted octanol–water partition coefficient (Wildman–Crippen LogP) is 6.30. The summed E-state index contributed by atoms with van der Waals surface area (Å²) in [5.41, 5.74) is 4.47. The standard InChI is InChI=1S/C25H32O2/c1-16-13-20(24(2,3)4)22(21(14-16)25(5,6)7)27-23(26)19-15-18(19)17-11-9-8-10-12-17/h8-14,18-19H,15H2,1-7H3. The summed E-state index contributed by atoms with van der Waals surface area (Å²) in [6, 6.07) is 14.6. The van der Waals surface area contributed by atoms with Crippen molar-refractivity contribution in [2.45, 2.75) is 71.6 Å². The van der Waals surface area contributed by atoms with E-state index < -0.39 is 0 Å². The maximum Gasteiger partial charge on any atom is 0.314 e. The maximum absolute atomic E-state index is 13.0. The minimum Gasteiger partial charge on any atom is -0.426 e. The van der Waals surface area contributed by atoms with Crippen LogP contribution in [0.5, 0.6) is 5.75 Å². The van der Waals surface area contributed by atoms with E-state index in [4.69, 9.17) is 4.74 Å². The third kappa shape index (κ3) is 4.26. The third-order valence-electron chi connectivity index (χ3n) is 5.37. The molecule has 2 nitrogen and oxygen atoms in total. The highest BCUT2D eigenvalue weighted by Crippen LogP contribution is 2.49. The van der Waals surface area contributed by atoms with E-state index in [1.54, 1.807) is 0 Å². The lowest BCUT2D eigenvalue weighted by Gasteiger charge is -2.29. The average Bonchev–Trinajstić information content (AvgIpc) is 3.35. The molecular weight excluding hydrogens is 332 g/mol. The van der Waals surface area contributed by atoms with Crippen molar-refractivity contribution in [3.63, 3.8) is 0 Å². The van der Waals surface area contributed by atoms with Crippen molar-refractivity contribution in [1.29, 1.82) is 0 Å². The van der Waals surface area contributed by atoms with Gasteiger partial charge in [0, 0.05) is 11.1 Å². The minimum absolute atomic E-state index is 0.0330. The number of benzene rings is 2. The number of carbonyl (C=O) groups is 1. The molecule has 0 saturated heterocycles. The normalized spacial score (nSPS) is 19.7. The highest BCUT2D eigenvalue weighted by molar-refractivity contribution is 5.80. The summed E-state index contributed by atoms with van der Waals surface area (Å²) in [6.45, 7) is 15.2. The molecule has 0 amide bonds. The molecule has 1 aliphatic carbocycles. The Morgan fingerprint density at radius 1 is 0.926 bits per heavy atom. The van der Waals surface area contributed by atoms with Crippen LogP contribution >= 0.6 is 0 Å². The molecule has 2 unspecified atom stereocenters. The fraction of sp³-hybridized carbons (Fsp3) is 0.480. The lowest BCUT2D eigenvalue weighted by Crippen LogP contribution is -2.23. The van der Waals surface area contributed by atoms with Gasteiger partial charge in [0.15, 0.2) is 0 Å². The van der Waals surface area contributed by atoms with Crippen LogP contribution in [0.1, 0.15) is 76.1 Å². The Bertz CT molecular complexity index is 800. The predicted molar refractivity (Wildman–Crippen MR) is 112 cm³/mol. The van der Waals surface area contributed by atoms with Gasteiger partial charge in [-0.1, -0.05) is 89.6 Å². The zero-order valence-electron chi connectivity index (χ0n) is 17.7. The zero-order chi connectivity index (χ0) is 20.0. The second-order valence-electron chi connectivity index (χ2n) is 9.97. The van der Waals surface area contributed by atoms with Crippen molar-refractivity contribution in [2.24, 2.45) is 5.92 Å². The van der Waals surface area contributed by atoms with E-state index in [0.29, 0.717) is 5.92 Å². The highest BCUT2D eigenvalue weighted by Gasteiger charge is 2.46. The quantitative estimate of drug-likeness (QED) is 0.472. The highest BCUT2D eigenvalue weighted by atomic mass is 16.5. The molecule has 1 saturated carbocycles.